The van der Waals surface area contributed by atoms with Crippen molar-refractivity contribution in [3.63, 3.8) is 0 Å². The van der Waals surface area contributed by atoms with Crippen molar-refractivity contribution < 1.29 is 19.7 Å². The van der Waals surface area contributed by atoms with Gasteiger partial charge in [-0.05, 0) is 12.8 Å². The fourth-order valence-electron chi connectivity index (χ4n) is 2.23. The lowest BCUT2D eigenvalue weighted by molar-refractivity contribution is -0.0531. The van der Waals surface area contributed by atoms with Gasteiger partial charge in [-0.3, -0.25) is 4.79 Å². The third-order valence-electron chi connectivity index (χ3n) is 3.27. The molecule has 2 rings (SSSR count). The maximum absolute atomic E-state index is 12.0. The second-order valence-electron chi connectivity index (χ2n) is 4.62. The predicted molar refractivity (Wildman–Crippen MR) is 66.4 cm³/mol. The monoisotopic (exact) mass is 250 g/mol. The molecule has 0 aromatic heterocycles. The summed E-state index contributed by atoms with van der Waals surface area (Å²) in [4.78, 5) is 12.0. The molecule has 0 bridgehead atoms. The van der Waals surface area contributed by atoms with E-state index in [9.17, 15) is 9.90 Å². The minimum Gasteiger partial charge on any atom is -0.394 e. The number of Topliss-reactive ketones (excluding diaryl/α,β-unsaturated/α-hetero) is 1. The molecule has 4 nitrogen and oxygen atoms in total. The van der Waals surface area contributed by atoms with Crippen LogP contribution in [0.15, 0.2) is 30.3 Å². The summed E-state index contributed by atoms with van der Waals surface area (Å²) in [7, 11) is 0. The van der Waals surface area contributed by atoms with Crippen molar-refractivity contribution in [3.8, 4) is 0 Å². The zero-order chi connectivity index (χ0) is 13.0. The summed E-state index contributed by atoms with van der Waals surface area (Å²) in [5.74, 6) is 0.0553. The van der Waals surface area contributed by atoms with Crippen molar-refractivity contribution >= 4 is 5.78 Å². The Morgan fingerprint density at radius 1 is 1.33 bits per heavy atom. The normalized spacial score (nSPS) is 25.0. The Balaban J connectivity index is 1.87. The summed E-state index contributed by atoms with van der Waals surface area (Å²) in [5.41, 5.74) is 0.687. The molecule has 2 N–H and O–H groups in total. The largest absolute Gasteiger partial charge is 0.394 e. The molecule has 98 valence electrons. The smallest absolute Gasteiger partial charge is 0.165 e. The summed E-state index contributed by atoms with van der Waals surface area (Å²) in [5, 5.41) is 18.3. The van der Waals surface area contributed by atoms with Crippen LogP contribution >= 0.6 is 0 Å². The highest BCUT2D eigenvalue weighted by Gasteiger charge is 2.31. The van der Waals surface area contributed by atoms with Gasteiger partial charge in [-0.1, -0.05) is 30.3 Å². The number of hydrogen-bond donors (Lipinski definition) is 2. The molecule has 1 aromatic carbocycles. The number of ketones is 1. The summed E-state index contributed by atoms with van der Waals surface area (Å²) >= 11 is 0. The van der Waals surface area contributed by atoms with Crippen LogP contribution in [0.5, 0.6) is 0 Å². The number of carbonyl (C=O) groups is 1. The van der Waals surface area contributed by atoms with E-state index in [0.717, 1.165) is 6.42 Å². The van der Waals surface area contributed by atoms with Crippen LogP contribution in [0.2, 0.25) is 0 Å². The second-order valence-corrected chi connectivity index (χ2v) is 4.62. The molecule has 3 atom stereocenters. The molecule has 0 aliphatic carbocycles. The maximum Gasteiger partial charge on any atom is 0.165 e. The Morgan fingerprint density at radius 3 is 2.72 bits per heavy atom. The molecule has 0 spiro atoms. The molecule has 0 amide bonds. The van der Waals surface area contributed by atoms with E-state index in [1.165, 1.54) is 0 Å². The van der Waals surface area contributed by atoms with Gasteiger partial charge in [0.05, 0.1) is 18.8 Å². The van der Waals surface area contributed by atoms with Crippen LogP contribution in [0.3, 0.4) is 0 Å². The van der Waals surface area contributed by atoms with Gasteiger partial charge >= 0.3 is 0 Å². The van der Waals surface area contributed by atoms with E-state index in [4.69, 9.17) is 9.84 Å². The molecule has 1 aliphatic heterocycles. The molecule has 1 aromatic rings. The van der Waals surface area contributed by atoms with Crippen LogP contribution in [0.4, 0.5) is 0 Å². The number of rotatable bonds is 5. The van der Waals surface area contributed by atoms with Gasteiger partial charge in [-0.25, -0.2) is 0 Å². The van der Waals surface area contributed by atoms with Gasteiger partial charge < -0.3 is 14.9 Å². The van der Waals surface area contributed by atoms with Gasteiger partial charge in [0.25, 0.3) is 0 Å². The van der Waals surface area contributed by atoms with Gasteiger partial charge in [-0.2, -0.15) is 0 Å². The molecule has 1 aliphatic rings. The van der Waals surface area contributed by atoms with E-state index in [1.54, 1.807) is 12.1 Å². The van der Waals surface area contributed by atoms with Crippen molar-refractivity contribution in [1.82, 2.24) is 0 Å². The first kappa shape index (κ1) is 13.2. The molecule has 4 heteroatoms. The first-order chi connectivity index (χ1) is 8.70. The van der Waals surface area contributed by atoms with Crippen molar-refractivity contribution in [3.05, 3.63) is 35.9 Å². The minimum atomic E-state index is -0.846. The molecule has 0 saturated carbocycles. The number of carbonyl (C=O) groups excluding carboxylic acids is 1. The van der Waals surface area contributed by atoms with E-state index in [0.29, 0.717) is 18.4 Å². The second kappa shape index (κ2) is 6.09. The summed E-state index contributed by atoms with van der Waals surface area (Å²) < 4.78 is 5.58. The van der Waals surface area contributed by atoms with E-state index in [1.807, 2.05) is 18.2 Å². The summed E-state index contributed by atoms with van der Waals surface area (Å²) in [6, 6.07) is 9.12. The maximum atomic E-state index is 12.0. The average molecular weight is 250 g/mol. The van der Waals surface area contributed by atoms with Gasteiger partial charge in [-0.15, -0.1) is 0 Å². The average Bonchev–Trinajstić information content (AvgIpc) is 2.87. The molecule has 0 radical (unpaired) electrons. The lowest BCUT2D eigenvalue weighted by Gasteiger charge is -2.17. The molecule has 18 heavy (non-hydrogen) atoms. The van der Waals surface area contributed by atoms with E-state index >= 15 is 0 Å². The molecular formula is C14H18O4. The first-order valence-electron chi connectivity index (χ1n) is 6.23. The highest BCUT2D eigenvalue weighted by Crippen LogP contribution is 2.25. The van der Waals surface area contributed by atoms with Gasteiger partial charge in [0, 0.05) is 12.0 Å². The van der Waals surface area contributed by atoms with Crippen molar-refractivity contribution in [2.45, 2.75) is 37.6 Å². The van der Waals surface area contributed by atoms with Crippen LogP contribution in [0.25, 0.3) is 0 Å². The van der Waals surface area contributed by atoms with Gasteiger partial charge in [0.2, 0.25) is 0 Å². The van der Waals surface area contributed by atoms with Crippen LogP contribution in [-0.4, -0.2) is 40.9 Å². The Hall–Kier alpha value is -1.23. The quantitative estimate of drug-likeness (QED) is 0.770. The zero-order valence-corrected chi connectivity index (χ0v) is 10.2. The lowest BCUT2D eigenvalue weighted by atomic mass is 10.0. The standard InChI is InChI=1S/C14H18O4/c15-9-13(17)14-7-6-11(18-14)8-12(16)10-4-2-1-3-5-10/h1-5,11,13-15,17H,6-9H2/t11-,13-,14-/m1/s1. The van der Waals surface area contributed by atoms with Crippen LogP contribution < -0.4 is 0 Å². The summed E-state index contributed by atoms with van der Waals surface area (Å²) in [6.45, 7) is -0.302. The summed E-state index contributed by atoms with van der Waals surface area (Å²) in [6.07, 6.45) is 0.433. The fraction of sp³-hybridized carbons (Fsp3) is 0.500. The van der Waals surface area contributed by atoms with Crippen LogP contribution in [0.1, 0.15) is 29.6 Å². The molecule has 0 unspecified atom stereocenters. The number of aliphatic hydroxyl groups excluding tert-OH is 2. The molecular weight excluding hydrogens is 232 g/mol. The van der Waals surface area contributed by atoms with Crippen LogP contribution in [0, 0.1) is 0 Å². The van der Waals surface area contributed by atoms with E-state index < -0.39 is 6.10 Å². The van der Waals surface area contributed by atoms with Crippen molar-refractivity contribution in [2.24, 2.45) is 0 Å². The number of benzene rings is 1. The van der Waals surface area contributed by atoms with Crippen LogP contribution in [-0.2, 0) is 4.74 Å². The molecule has 1 fully saturated rings. The topological polar surface area (TPSA) is 66.8 Å². The van der Waals surface area contributed by atoms with E-state index in [2.05, 4.69) is 0 Å². The molecule has 1 saturated heterocycles. The third kappa shape index (κ3) is 3.16. The Labute approximate surface area is 106 Å². The Kier molecular flexibility index (Phi) is 4.47. The Bertz CT molecular complexity index is 390. The van der Waals surface area contributed by atoms with Crippen molar-refractivity contribution in [2.75, 3.05) is 6.61 Å². The highest BCUT2D eigenvalue weighted by molar-refractivity contribution is 5.96. The number of hydrogen-bond acceptors (Lipinski definition) is 4. The Morgan fingerprint density at radius 2 is 2.06 bits per heavy atom. The van der Waals surface area contributed by atoms with Gasteiger partial charge in [0.15, 0.2) is 5.78 Å². The number of ether oxygens (including phenoxy) is 1. The van der Waals surface area contributed by atoms with Gasteiger partial charge in [0.1, 0.15) is 6.10 Å². The third-order valence-corrected chi connectivity index (χ3v) is 3.27. The fourth-order valence-corrected chi connectivity index (χ4v) is 2.23. The predicted octanol–water partition coefficient (Wildman–Crippen LogP) is 1.16. The number of aliphatic hydroxyl groups is 2. The van der Waals surface area contributed by atoms with E-state index in [-0.39, 0.29) is 24.6 Å². The lowest BCUT2D eigenvalue weighted by Crippen LogP contribution is -2.29. The molecule has 1 heterocycles. The highest BCUT2D eigenvalue weighted by atomic mass is 16.5. The zero-order valence-electron chi connectivity index (χ0n) is 10.2. The first-order valence-corrected chi connectivity index (χ1v) is 6.23. The minimum absolute atomic E-state index is 0.0553. The van der Waals surface area contributed by atoms with Crippen molar-refractivity contribution in [1.29, 1.82) is 0 Å². The SMILES string of the molecule is O=C(C[C@H]1CC[C@H]([C@H](O)CO)O1)c1ccccc1.